The van der Waals surface area contributed by atoms with Gasteiger partial charge in [0.25, 0.3) is 5.91 Å². The summed E-state index contributed by atoms with van der Waals surface area (Å²) in [4.78, 5) is 17.4. The zero-order valence-corrected chi connectivity index (χ0v) is 17.2. The summed E-state index contributed by atoms with van der Waals surface area (Å²) in [6.45, 7) is 3.27. The van der Waals surface area contributed by atoms with Crippen LogP contribution in [0.5, 0.6) is 0 Å². The quantitative estimate of drug-likeness (QED) is 0.746. The molecule has 2 N–H and O–H groups in total. The third-order valence-corrected chi connectivity index (χ3v) is 5.96. The molecule has 1 fully saturated rings. The van der Waals surface area contributed by atoms with Crippen molar-refractivity contribution in [3.63, 3.8) is 0 Å². The first kappa shape index (κ1) is 22.3. The first-order valence-corrected chi connectivity index (χ1v) is 9.45. The van der Waals surface area contributed by atoms with E-state index in [1.165, 1.54) is 11.3 Å². The van der Waals surface area contributed by atoms with Crippen molar-refractivity contribution in [2.45, 2.75) is 12.8 Å². The molecule has 0 radical (unpaired) electrons. The third kappa shape index (κ3) is 5.64. The molecule has 0 spiro atoms. The Morgan fingerprint density at radius 3 is 2.80 bits per heavy atom. The highest BCUT2D eigenvalue weighted by molar-refractivity contribution is 7.17. The van der Waals surface area contributed by atoms with Crippen LogP contribution in [0.4, 0.5) is 0 Å². The number of piperidine rings is 1. The average Bonchev–Trinajstić information content (AvgIpc) is 3.25. The van der Waals surface area contributed by atoms with Crippen LogP contribution in [0.1, 0.15) is 22.5 Å². The molecule has 5 nitrogen and oxygen atoms in total. The van der Waals surface area contributed by atoms with E-state index < -0.39 is 0 Å². The van der Waals surface area contributed by atoms with Crippen LogP contribution < -0.4 is 10.6 Å². The molecular weight excluding hydrogens is 401 g/mol. The molecule has 1 aliphatic heterocycles. The van der Waals surface area contributed by atoms with Crippen LogP contribution in [-0.4, -0.2) is 44.2 Å². The highest BCUT2D eigenvalue weighted by Crippen LogP contribution is 2.29. The lowest BCUT2D eigenvalue weighted by atomic mass is 9.79. The number of ether oxygens (including phenoxy) is 1. The van der Waals surface area contributed by atoms with Crippen molar-refractivity contribution in [1.82, 2.24) is 15.6 Å². The third-order valence-electron chi connectivity index (χ3n) is 4.24. The van der Waals surface area contributed by atoms with Crippen molar-refractivity contribution in [3.05, 3.63) is 27.9 Å². The molecular formula is C16H23Cl2N3O2S2. The maximum absolute atomic E-state index is 12.4. The van der Waals surface area contributed by atoms with E-state index in [1.54, 1.807) is 24.6 Å². The Kier molecular flexibility index (Phi) is 9.34. The summed E-state index contributed by atoms with van der Waals surface area (Å²) < 4.78 is 5.39. The van der Waals surface area contributed by atoms with Crippen LogP contribution >= 0.6 is 47.5 Å². The monoisotopic (exact) mass is 423 g/mol. The zero-order valence-electron chi connectivity index (χ0n) is 13.9. The Labute approximate surface area is 168 Å². The van der Waals surface area contributed by atoms with Gasteiger partial charge in [-0.2, -0.15) is 11.3 Å². The fourth-order valence-corrected chi connectivity index (χ4v) is 4.43. The fourth-order valence-electron chi connectivity index (χ4n) is 2.89. The second-order valence-electron chi connectivity index (χ2n) is 5.91. The molecule has 0 unspecified atom stereocenters. The summed E-state index contributed by atoms with van der Waals surface area (Å²) in [6, 6.07) is 2.02. The second-order valence-corrected chi connectivity index (χ2v) is 7.72. The van der Waals surface area contributed by atoms with E-state index in [-0.39, 0.29) is 36.1 Å². The van der Waals surface area contributed by atoms with Gasteiger partial charge in [0.05, 0.1) is 12.8 Å². The van der Waals surface area contributed by atoms with E-state index in [1.807, 2.05) is 16.8 Å². The largest absolute Gasteiger partial charge is 0.384 e. The molecule has 2 aromatic rings. The van der Waals surface area contributed by atoms with Crippen LogP contribution in [0.25, 0.3) is 10.6 Å². The molecule has 1 aliphatic rings. The van der Waals surface area contributed by atoms with Gasteiger partial charge in [0, 0.05) is 30.0 Å². The van der Waals surface area contributed by atoms with Crippen LogP contribution in [0.2, 0.25) is 0 Å². The summed E-state index contributed by atoms with van der Waals surface area (Å²) in [5.74, 6) is -0.0435. The number of thiophene rings is 1. The maximum atomic E-state index is 12.4. The van der Waals surface area contributed by atoms with Crippen molar-refractivity contribution in [3.8, 4) is 10.6 Å². The Hall–Kier alpha value is -0.700. The van der Waals surface area contributed by atoms with Gasteiger partial charge in [-0.3, -0.25) is 4.79 Å². The molecule has 3 rings (SSSR count). The minimum absolute atomic E-state index is 0. The predicted molar refractivity (Wildman–Crippen MR) is 109 cm³/mol. The van der Waals surface area contributed by atoms with E-state index >= 15 is 0 Å². The number of amides is 1. The van der Waals surface area contributed by atoms with Gasteiger partial charge in [0.2, 0.25) is 0 Å². The van der Waals surface area contributed by atoms with Crippen molar-refractivity contribution in [2.24, 2.45) is 5.41 Å². The minimum atomic E-state index is -0.0435. The summed E-state index contributed by atoms with van der Waals surface area (Å²) in [5.41, 5.74) is 1.12. The number of hydrogen-bond donors (Lipinski definition) is 2. The second kappa shape index (κ2) is 10.4. The van der Waals surface area contributed by atoms with Crippen LogP contribution in [0.3, 0.4) is 0 Å². The Morgan fingerprint density at radius 2 is 2.16 bits per heavy atom. The fraction of sp³-hybridized carbons (Fsp3) is 0.500. The van der Waals surface area contributed by atoms with Crippen molar-refractivity contribution in [2.75, 3.05) is 33.4 Å². The lowest BCUT2D eigenvalue weighted by Gasteiger charge is -2.37. The van der Waals surface area contributed by atoms with Gasteiger partial charge in [-0.15, -0.1) is 36.2 Å². The van der Waals surface area contributed by atoms with Crippen molar-refractivity contribution < 1.29 is 9.53 Å². The van der Waals surface area contributed by atoms with Gasteiger partial charge < -0.3 is 15.4 Å². The number of hydrogen-bond acceptors (Lipinski definition) is 6. The van der Waals surface area contributed by atoms with E-state index in [2.05, 4.69) is 15.6 Å². The first-order chi connectivity index (χ1) is 11.2. The topological polar surface area (TPSA) is 63.2 Å². The number of methoxy groups -OCH3 is 1. The van der Waals surface area contributed by atoms with Gasteiger partial charge in [-0.05, 0) is 37.4 Å². The van der Waals surface area contributed by atoms with E-state index in [0.717, 1.165) is 36.5 Å². The molecule has 2 aromatic heterocycles. The van der Waals surface area contributed by atoms with Crippen LogP contribution in [0, 0.1) is 5.41 Å². The smallest absolute Gasteiger partial charge is 0.263 e. The van der Waals surface area contributed by atoms with Gasteiger partial charge in [0.1, 0.15) is 9.88 Å². The van der Waals surface area contributed by atoms with Crippen LogP contribution in [0.15, 0.2) is 23.0 Å². The number of halogens is 2. The van der Waals surface area contributed by atoms with E-state index in [0.29, 0.717) is 18.0 Å². The molecule has 9 heteroatoms. The molecule has 140 valence electrons. The summed E-state index contributed by atoms with van der Waals surface area (Å²) in [6.07, 6.45) is 3.70. The number of thiazole rings is 1. The summed E-state index contributed by atoms with van der Waals surface area (Å²) in [5, 5.41) is 11.4. The molecule has 3 heterocycles. The predicted octanol–water partition coefficient (Wildman–Crippen LogP) is 3.46. The highest BCUT2D eigenvalue weighted by Gasteiger charge is 2.32. The molecule has 1 saturated heterocycles. The minimum Gasteiger partial charge on any atom is -0.384 e. The molecule has 1 amide bonds. The maximum Gasteiger partial charge on any atom is 0.263 e. The lowest BCUT2D eigenvalue weighted by molar-refractivity contribution is 0.0512. The summed E-state index contributed by atoms with van der Waals surface area (Å²) >= 11 is 3.07. The zero-order chi connectivity index (χ0) is 16.1. The number of nitrogens with zero attached hydrogens (tertiary/aromatic N) is 1. The number of aromatic nitrogens is 1. The number of nitrogens with one attached hydrogen (secondary N) is 2. The Morgan fingerprint density at radius 1 is 1.40 bits per heavy atom. The molecule has 0 saturated carbocycles. The SMILES string of the molecule is COCC1(CNC(=O)c2cnc(-c3ccsc3)s2)CCNCC1.Cl.Cl. The number of rotatable bonds is 6. The lowest BCUT2D eigenvalue weighted by Crippen LogP contribution is -2.47. The number of carbonyl (C=O) groups excluding carboxylic acids is 1. The molecule has 0 aliphatic carbocycles. The average molecular weight is 424 g/mol. The van der Waals surface area contributed by atoms with E-state index in [9.17, 15) is 4.79 Å². The molecule has 25 heavy (non-hydrogen) atoms. The number of carbonyl (C=O) groups is 1. The first-order valence-electron chi connectivity index (χ1n) is 7.69. The highest BCUT2D eigenvalue weighted by atomic mass is 35.5. The standard InChI is InChI=1S/C16H21N3O2S2.2ClH/c1-21-11-16(3-5-17-6-4-16)10-19-14(20)13-8-18-15(23-13)12-2-7-22-9-12;;/h2,7-9,17H,3-6,10-11H2,1H3,(H,19,20);2*1H. The normalized spacial score (nSPS) is 15.7. The Balaban J connectivity index is 0.00000156. The van der Waals surface area contributed by atoms with Gasteiger partial charge in [-0.25, -0.2) is 4.98 Å². The molecule has 0 aromatic carbocycles. The van der Waals surface area contributed by atoms with Crippen LogP contribution in [-0.2, 0) is 4.74 Å². The van der Waals surface area contributed by atoms with Gasteiger partial charge in [-0.1, -0.05) is 0 Å². The van der Waals surface area contributed by atoms with Gasteiger partial charge >= 0.3 is 0 Å². The van der Waals surface area contributed by atoms with Crippen molar-refractivity contribution in [1.29, 1.82) is 0 Å². The Bertz CT molecular complexity index is 638. The molecule has 0 atom stereocenters. The molecule has 0 bridgehead atoms. The van der Waals surface area contributed by atoms with E-state index in [4.69, 9.17) is 4.74 Å². The van der Waals surface area contributed by atoms with Crippen molar-refractivity contribution >= 4 is 53.4 Å². The summed E-state index contributed by atoms with van der Waals surface area (Å²) in [7, 11) is 1.72. The van der Waals surface area contributed by atoms with Gasteiger partial charge in [0.15, 0.2) is 0 Å².